The molecule has 0 rings (SSSR count). The van der Waals surface area contributed by atoms with Gasteiger partial charge in [-0.2, -0.15) is 0 Å². The van der Waals surface area contributed by atoms with E-state index in [9.17, 15) is 0 Å². The topological polar surface area (TPSA) is 3.24 Å². The zero-order valence-electron chi connectivity index (χ0n) is 7.00. The Morgan fingerprint density at radius 2 is 1.22 bits per heavy atom. The van der Waals surface area contributed by atoms with Crippen LogP contribution in [0.5, 0.6) is 0 Å². The van der Waals surface area contributed by atoms with Crippen LogP contribution in [0.15, 0.2) is 0 Å². The first-order chi connectivity index (χ1) is 2.73. The van der Waals surface area contributed by atoms with Crippen LogP contribution in [-0.4, -0.2) is 19.0 Å². The summed E-state index contributed by atoms with van der Waals surface area (Å²) in [4.78, 5) is 1.75. The molecule has 0 amide bonds. The SMILES string of the molecule is [2H][CH2-].[CH2-]N(C)C.[W].[Y].[Y].[Y]. The first-order valence-corrected chi connectivity index (χ1v) is 1.21. The number of nitrogens with zero attached hydrogens (tertiary/aromatic N) is 1. The van der Waals surface area contributed by atoms with Crippen molar-refractivity contribution in [3.8, 4) is 0 Å². The zero-order chi connectivity index (χ0) is 5.58. The third kappa shape index (κ3) is 75.7. The third-order valence-corrected chi connectivity index (χ3v) is 0. The largest absolute Gasteiger partial charge is 0.464 e. The predicted molar refractivity (Wildman–Crippen MR) is 25.5 cm³/mol. The molecule has 0 bridgehead atoms. The quantitative estimate of drug-likeness (QED) is 0.424. The van der Waals surface area contributed by atoms with Crippen LogP contribution in [0.2, 0.25) is 0 Å². The van der Waals surface area contributed by atoms with Gasteiger partial charge in [-0.05, 0) is 14.1 Å². The molecule has 0 aliphatic carbocycles. The Morgan fingerprint density at radius 3 is 1.22 bits per heavy atom. The number of hydrogen-bond acceptors (Lipinski definition) is 1. The standard InChI is InChI=1S/C3H8N.CH3.W.3Y/c1-4(2)3;;;;;/h1H2,2-3H3;1H3;;;;/q2*-1;;;;/i;1D;;;;. The molecule has 0 atom stereocenters. The average Bonchev–Trinajstić information content (AvgIpc) is 1.41. The molecule has 0 unspecified atom stereocenters. The molecule has 0 aliphatic heterocycles. The van der Waals surface area contributed by atoms with Crippen LogP contribution in [0.3, 0.4) is 0 Å². The van der Waals surface area contributed by atoms with Gasteiger partial charge in [-0.3, -0.25) is 7.05 Å². The molecule has 0 aromatic carbocycles. The molecule has 0 fully saturated rings. The maximum Gasteiger partial charge on any atom is 0 e. The van der Waals surface area contributed by atoms with Crippen molar-refractivity contribution in [2.45, 2.75) is 0 Å². The number of hydrogen-bond donors (Lipinski definition) is 0. The molecule has 0 N–H and O–H groups in total. The van der Waals surface area contributed by atoms with Crippen LogP contribution in [0, 0.1) is 14.5 Å². The molecule has 0 heterocycles. The molecule has 0 aromatic rings. The summed E-state index contributed by atoms with van der Waals surface area (Å²) in [6, 6.07) is 0. The molecule has 5 heteroatoms. The molecule has 3 radical (unpaired) electrons. The van der Waals surface area contributed by atoms with Gasteiger partial charge in [-0.25, -0.2) is 1.37 Å². The first-order valence-electron chi connectivity index (χ1n) is 1.92. The van der Waals surface area contributed by atoms with E-state index in [0.29, 0.717) is 0 Å². The third-order valence-electron chi connectivity index (χ3n) is 0. The van der Waals surface area contributed by atoms with Crippen molar-refractivity contribution in [1.29, 1.82) is 0 Å². The van der Waals surface area contributed by atoms with E-state index in [1.54, 1.807) is 4.90 Å². The van der Waals surface area contributed by atoms with Crippen LogP contribution in [0.4, 0.5) is 0 Å². The Hall–Kier alpha value is 3.96. The minimum atomic E-state index is 0. The predicted octanol–water partition coefficient (Wildman–Crippen LogP) is 0.780. The number of rotatable bonds is 0. The summed E-state index contributed by atoms with van der Waals surface area (Å²) in [5, 5.41) is 0. The Morgan fingerprint density at radius 1 is 1.22 bits per heavy atom. The van der Waals surface area contributed by atoms with Gasteiger partial charge in [0, 0.05) is 119 Å². The maximum absolute atomic E-state index is 5.50. The smallest absolute Gasteiger partial charge is 0 e. The Labute approximate surface area is 151 Å². The van der Waals surface area contributed by atoms with Gasteiger partial charge in [0.15, 0.2) is 0 Å². The van der Waals surface area contributed by atoms with E-state index in [1.807, 2.05) is 14.1 Å². The molecule has 0 aromatic heterocycles. The first kappa shape index (κ1) is 29.3. The molecule has 0 saturated carbocycles. The van der Waals surface area contributed by atoms with Crippen LogP contribution in [0.1, 0.15) is 1.37 Å². The Bertz CT molecular complexity index is 25.2. The molecule has 0 saturated heterocycles. The van der Waals surface area contributed by atoms with Crippen molar-refractivity contribution in [3.05, 3.63) is 14.5 Å². The van der Waals surface area contributed by atoms with Gasteiger partial charge in [0.05, 0.1) is 0 Å². The van der Waals surface area contributed by atoms with Crippen molar-refractivity contribution >= 4 is 0 Å². The zero-order valence-corrected chi connectivity index (χ0v) is 17.5. The minimum absolute atomic E-state index is 0. The second-order valence-corrected chi connectivity index (χ2v) is 1.08. The van der Waals surface area contributed by atoms with Gasteiger partial charge in [-0.15, -0.1) is 0 Å². The van der Waals surface area contributed by atoms with E-state index in [-0.39, 0.29) is 119 Å². The Balaban J connectivity index is -0.00000000625. The van der Waals surface area contributed by atoms with Crippen LogP contribution >= 0.6 is 0 Å². The fourth-order valence-electron chi connectivity index (χ4n) is 0. The normalized spacial score (nSPS) is 4.78. The van der Waals surface area contributed by atoms with Crippen molar-refractivity contribution in [2.24, 2.45) is 0 Å². The van der Waals surface area contributed by atoms with E-state index in [0.717, 1.165) is 0 Å². The van der Waals surface area contributed by atoms with Gasteiger partial charge in [-0.1, -0.05) is 0 Å². The van der Waals surface area contributed by atoms with E-state index in [2.05, 4.69) is 14.5 Å². The summed E-state index contributed by atoms with van der Waals surface area (Å²) in [7, 11) is 9.75. The summed E-state index contributed by atoms with van der Waals surface area (Å²) < 4.78 is 5.50. The maximum atomic E-state index is 5.50. The molecular formula is C4H11NWY3-2. The summed E-state index contributed by atoms with van der Waals surface area (Å²) in [6.07, 6.45) is 0. The average molecular weight is 525 g/mol. The fourth-order valence-corrected chi connectivity index (χ4v) is 0. The van der Waals surface area contributed by atoms with E-state index >= 15 is 0 Å². The van der Waals surface area contributed by atoms with Crippen LogP contribution < -0.4 is 0 Å². The van der Waals surface area contributed by atoms with Crippen LogP contribution in [-0.2, 0) is 119 Å². The van der Waals surface area contributed by atoms with E-state index in [1.165, 1.54) is 0 Å². The molecule has 1 nitrogen and oxygen atoms in total. The van der Waals surface area contributed by atoms with Gasteiger partial charge < -0.3 is 12.3 Å². The Kier molecular flexibility index (Phi) is 96.4. The van der Waals surface area contributed by atoms with Gasteiger partial charge in [0.2, 0.25) is 0 Å². The summed E-state index contributed by atoms with van der Waals surface area (Å²) in [6.45, 7) is 0. The van der Waals surface area contributed by atoms with Crippen LogP contribution in [0.25, 0.3) is 0 Å². The molecule has 49 valence electrons. The van der Waals surface area contributed by atoms with E-state index in [4.69, 9.17) is 1.37 Å². The molecular weight excluding hydrogens is 513 g/mol. The molecule has 0 aliphatic rings. The molecule has 0 spiro atoms. The summed E-state index contributed by atoms with van der Waals surface area (Å²) in [5.74, 6) is 0. The van der Waals surface area contributed by atoms with Crippen molar-refractivity contribution in [2.75, 3.05) is 14.1 Å². The van der Waals surface area contributed by atoms with Gasteiger partial charge >= 0.3 is 0 Å². The van der Waals surface area contributed by atoms with Gasteiger partial charge in [0.1, 0.15) is 0 Å². The van der Waals surface area contributed by atoms with Crippen molar-refractivity contribution < 1.29 is 121 Å². The van der Waals surface area contributed by atoms with Gasteiger partial charge in [0.25, 0.3) is 0 Å². The second kappa shape index (κ2) is 29.7. The fraction of sp³-hybridized carbons (Fsp3) is 0.500. The minimum Gasteiger partial charge on any atom is -0.464 e. The molecule has 9 heavy (non-hydrogen) atoms. The second-order valence-electron chi connectivity index (χ2n) is 1.08. The summed E-state index contributed by atoms with van der Waals surface area (Å²) in [5.41, 5.74) is 0. The van der Waals surface area contributed by atoms with E-state index < -0.39 is 0 Å². The van der Waals surface area contributed by atoms with Crippen molar-refractivity contribution in [3.63, 3.8) is 0 Å². The summed E-state index contributed by atoms with van der Waals surface area (Å²) >= 11 is 0. The van der Waals surface area contributed by atoms with Crippen molar-refractivity contribution in [1.82, 2.24) is 4.90 Å². The monoisotopic (exact) mass is 525 g/mol.